The molecule has 1 aliphatic heterocycles. The first-order chi connectivity index (χ1) is 19.6. The highest BCUT2D eigenvalue weighted by molar-refractivity contribution is 7.90. The molecule has 2 saturated carbocycles. The van der Waals surface area contributed by atoms with Gasteiger partial charge in [0.15, 0.2) is 11.6 Å². The zero-order valence-corrected chi connectivity index (χ0v) is 25.9. The van der Waals surface area contributed by atoms with Crippen molar-refractivity contribution in [3.63, 3.8) is 0 Å². The number of likely N-dealkylation sites (tertiary alicyclic amines) is 1. The molecule has 3 fully saturated rings. The second kappa shape index (κ2) is 11.8. The first-order valence-electron chi connectivity index (χ1n) is 14.6. The van der Waals surface area contributed by atoms with E-state index in [1.165, 1.54) is 9.70 Å². The van der Waals surface area contributed by atoms with E-state index in [9.17, 15) is 27.6 Å². The summed E-state index contributed by atoms with van der Waals surface area (Å²) in [4.78, 5) is 56.9. The van der Waals surface area contributed by atoms with Gasteiger partial charge in [0.05, 0.1) is 22.7 Å². The number of unbranched alkanes of at least 4 members (excludes halogenated alkanes) is 1. The lowest BCUT2D eigenvalue weighted by Gasteiger charge is -2.35. The molecule has 0 radical (unpaired) electrons. The fourth-order valence-corrected chi connectivity index (χ4v) is 7.07. The average Bonchev–Trinajstić information content (AvgIpc) is 3.76. The zero-order valence-electron chi connectivity index (χ0n) is 25.1. The molecule has 4 rings (SSSR count). The number of aromatic nitrogens is 4. The molecule has 1 aromatic heterocycles. The minimum atomic E-state index is -3.77. The van der Waals surface area contributed by atoms with Crippen molar-refractivity contribution in [3.05, 3.63) is 18.5 Å². The number of hydrogen-bond acceptors (Lipinski definition) is 9. The number of carbonyl (C=O) groups excluding carboxylic acids is 4. The minimum absolute atomic E-state index is 0.120. The van der Waals surface area contributed by atoms with Crippen molar-refractivity contribution in [2.45, 2.75) is 109 Å². The van der Waals surface area contributed by atoms with Crippen LogP contribution in [0.3, 0.4) is 0 Å². The summed E-state index contributed by atoms with van der Waals surface area (Å²) in [6.45, 7) is 12.8. The van der Waals surface area contributed by atoms with Crippen LogP contribution in [-0.4, -0.2) is 80.9 Å². The minimum Gasteiger partial charge on any atom is -0.344 e. The Morgan fingerprint density at radius 3 is 2.40 bits per heavy atom. The van der Waals surface area contributed by atoms with Gasteiger partial charge in [-0.1, -0.05) is 33.8 Å². The molecule has 2 aliphatic carbocycles. The van der Waals surface area contributed by atoms with Gasteiger partial charge in [-0.2, -0.15) is 4.80 Å². The summed E-state index contributed by atoms with van der Waals surface area (Å²) in [6.07, 6.45) is 4.66. The van der Waals surface area contributed by atoms with Crippen LogP contribution in [0.1, 0.15) is 90.9 Å². The summed E-state index contributed by atoms with van der Waals surface area (Å²) in [6, 6.07) is -2.26. The number of Topliss-reactive ketones (excluding diaryl/α,β-unsaturated/α-hetero) is 1. The number of nitrogens with one attached hydrogen (secondary N) is 2. The van der Waals surface area contributed by atoms with Gasteiger partial charge in [0, 0.05) is 25.8 Å². The molecule has 1 unspecified atom stereocenters. The Bertz CT molecular complexity index is 1350. The summed E-state index contributed by atoms with van der Waals surface area (Å²) in [5.41, 5.74) is -1.81. The lowest BCUT2D eigenvalue weighted by atomic mass is 9.85. The molecular weight excluding hydrogens is 562 g/mol. The van der Waals surface area contributed by atoms with Crippen molar-refractivity contribution < 1.29 is 27.6 Å². The summed E-state index contributed by atoms with van der Waals surface area (Å²) >= 11 is 0. The fraction of sp³-hybridized carbons (Fsp3) is 0.750. The van der Waals surface area contributed by atoms with Crippen LogP contribution in [0, 0.1) is 23.7 Å². The molecule has 13 nitrogen and oxygen atoms in total. The van der Waals surface area contributed by atoms with Gasteiger partial charge in [0.1, 0.15) is 6.04 Å². The zero-order chi connectivity index (χ0) is 31.0. The van der Waals surface area contributed by atoms with E-state index >= 15 is 0 Å². The molecule has 0 bridgehead atoms. The third kappa shape index (κ3) is 6.90. The SMILES string of the molecule is C=CCCCC(=O)N[C@H](C(=O)N1C[C@H](n2nnc(C)n2)C[C@H]1C(=O)CC1(C(=O)NS(=O)(=O)C2CC2)C[C@H]1C)C(C)(C)C. The Balaban J connectivity index is 1.57. The van der Waals surface area contributed by atoms with Crippen molar-refractivity contribution in [1.82, 2.24) is 35.1 Å². The van der Waals surface area contributed by atoms with Crippen molar-refractivity contribution in [1.29, 1.82) is 0 Å². The van der Waals surface area contributed by atoms with E-state index in [2.05, 4.69) is 32.0 Å². The van der Waals surface area contributed by atoms with E-state index in [0.717, 1.165) is 0 Å². The first kappa shape index (κ1) is 31.8. The highest BCUT2D eigenvalue weighted by Gasteiger charge is 2.60. The number of carbonyl (C=O) groups is 4. The number of hydrogen-bond donors (Lipinski definition) is 2. The van der Waals surface area contributed by atoms with Gasteiger partial charge in [-0.05, 0) is 55.6 Å². The van der Waals surface area contributed by atoms with Crippen molar-refractivity contribution in [2.24, 2.45) is 16.7 Å². The second-order valence-electron chi connectivity index (χ2n) is 13.2. The highest BCUT2D eigenvalue weighted by atomic mass is 32.2. The third-order valence-corrected chi connectivity index (χ3v) is 10.4. The Labute approximate surface area is 247 Å². The normalized spacial score (nSPS) is 26.4. The number of rotatable bonds is 13. The van der Waals surface area contributed by atoms with Gasteiger partial charge >= 0.3 is 0 Å². The van der Waals surface area contributed by atoms with E-state index < -0.39 is 56.0 Å². The number of allylic oxidation sites excluding steroid dienone is 1. The largest absolute Gasteiger partial charge is 0.344 e. The molecule has 2 N–H and O–H groups in total. The molecular formula is C28H43N7O6S. The molecule has 42 heavy (non-hydrogen) atoms. The number of aryl methyl sites for hydroxylation is 1. The topological polar surface area (TPSA) is 173 Å². The van der Waals surface area contributed by atoms with Gasteiger partial charge in [-0.25, -0.2) is 8.42 Å². The Morgan fingerprint density at radius 1 is 1.21 bits per heavy atom. The van der Waals surface area contributed by atoms with Gasteiger partial charge < -0.3 is 10.2 Å². The second-order valence-corrected chi connectivity index (χ2v) is 15.1. The predicted octanol–water partition coefficient (Wildman–Crippen LogP) is 1.60. The van der Waals surface area contributed by atoms with E-state index in [1.54, 1.807) is 13.0 Å². The Hall–Kier alpha value is -3.16. The number of amides is 3. The van der Waals surface area contributed by atoms with E-state index in [4.69, 9.17) is 0 Å². The Morgan fingerprint density at radius 2 is 1.88 bits per heavy atom. The maximum Gasteiger partial charge on any atom is 0.246 e. The van der Waals surface area contributed by atoms with Gasteiger partial charge in [0.25, 0.3) is 0 Å². The van der Waals surface area contributed by atoms with Crippen molar-refractivity contribution >= 4 is 33.5 Å². The van der Waals surface area contributed by atoms with Crippen LogP contribution in [0.5, 0.6) is 0 Å². The molecule has 0 aromatic carbocycles. The third-order valence-electron chi connectivity index (χ3n) is 8.61. The lowest BCUT2D eigenvalue weighted by Crippen LogP contribution is -2.57. The molecule has 0 spiro atoms. The van der Waals surface area contributed by atoms with Gasteiger partial charge in [-0.3, -0.25) is 23.9 Å². The molecule has 3 aliphatic rings. The number of ketones is 1. The van der Waals surface area contributed by atoms with Crippen molar-refractivity contribution in [3.8, 4) is 0 Å². The van der Waals surface area contributed by atoms with Crippen LogP contribution in [0.25, 0.3) is 0 Å². The van der Waals surface area contributed by atoms with Crippen LogP contribution in [0.4, 0.5) is 0 Å². The summed E-state index contributed by atoms with van der Waals surface area (Å²) in [7, 11) is -3.77. The van der Waals surface area contributed by atoms with E-state index in [-0.39, 0.29) is 43.4 Å². The monoisotopic (exact) mass is 605 g/mol. The van der Waals surface area contributed by atoms with Crippen molar-refractivity contribution in [2.75, 3.05) is 6.54 Å². The lowest BCUT2D eigenvalue weighted by molar-refractivity contribution is -0.144. The number of tetrazole rings is 1. The molecule has 232 valence electrons. The van der Waals surface area contributed by atoms with Gasteiger partial charge in [0.2, 0.25) is 27.7 Å². The molecule has 2 heterocycles. The number of nitrogens with zero attached hydrogens (tertiary/aromatic N) is 5. The fourth-order valence-electron chi connectivity index (χ4n) is 5.69. The predicted molar refractivity (Wildman–Crippen MR) is 153 cm³/mol. The maximum absolute atomic E-state index is 14.1. The Kier molecular flexibility index (Phi) is 8.96. The van der Waals surface area contributed by atoms with Crippen LogP contribution >= 0.6 is 0 Å². The van der Waals surface area contributed by atoms with Crippen LogP contribution in [0.15, 0.2) is 12.7 Å². The standard InChI is InChI=1S/C28H43N7O6S/c1-7-8-9-10-23(37)29-24(27(4,5)6)25(38)34-16-19(35-31-18(3)30-33-35)13-21(34)22(36)15-28(14-17(28)2)26(39)32-42(40,41)20-11-12-20/h7,17,19-21,24H,1,8-16H2,2-6H3,(H,29,37)(H,32,39)/t17-,19-,21+,24-,28?/m1/s1. The van der Waals surface area contributed by atoms with Crippen LogP contribution in [-0.2, 0) is 29.2 Å². The highest BCUT2D eigenvalue weighted by Crippen LogP contribution is 2.56. The average molecular weight is 606 g/mol. The summed E-state index contributed by atoms with van der Waals surface area (Å²) < 4.78 is 27.2. The molecule has 5 atom stereocenters. The molecule has 14 heteroatoms. The van der Waals surface area contributed by atoms with Crippen LogP contribution < -0.4 is 10.0 Å². The molecule has 1 aromatic rings. The van der Waals surface area contributed by atoms with Crippen LogP contribution in [0.2, 0.25) is 0 Å². The maximum atomic E-state index is 14.1. The van der Waals surface area contributed by atoms with E-state index in [0.29, 0.717) is 37.9 Å². The summed E-state index contributed by atoms with van der Waals surface area (Å²) in [5, 5.41) is 14.6. The molecule has 3 amide bonds. The quantitative estimate of drug-likeness (QED) is 0.250. The smallest absolute Gasteiger partial charge is 0.246 e. The van der Waals surface area contributed by atoms with E-state index in [1.807, 2.05) is 27.7 Å². The molecule has 1 saturated heterocycles. The number of sulfonamides is 1. The summed E-state index contributed by atoms with van der Waals surface area (Å²) in [5.74, 6) is -1.41. The van der Waals surface area contributed by atoms with Gasteiger partial charge in [-0.15, -0.1) is 16.8 Å². The first-order valence-corrected chi connectivity index (χ1v) is 16.2.